The molecule has 0 fully saturated rings. The van der Waals surface area contributed by atoms with Crippen LogP contribution in [0.25, 0.3) is 0 Å². The van der Waals surface area contributed by atoms with Crippen LogP contribution in [0.5, 0.6) is 0 Å². The molecule has 0 aliphatic heterocycles. The lowest BCUT2D eigenvalue weighted by Gasteiger charge is -2.02. The SMILES string of the molecule is N=C(N)n1ccc(C(=O)OCc2ccccc2)n1. The molecule has 6 nitrogen and oxygen atoms in total. The van der Waals surface area contributed by atoms with Gasteiger partial charge in [0.15, 0.2) is 5.69 Å². The van der Waals surface area contributed by atoms with Crippen LogP contribution >= 0.6 is 0 Å². The highest BCUT2D eigenvalue weighted by Crippen LogP contribution is 2.04. The molecule has 0 unspecified atom stereocenters. The lowest BCUT2D eigenvalue weighted by molar-refractivity contribution is 0.0465. The molecule has 1 heterocycles. The fourth-order valence-corrected chi connectivity index (χ4v) is 1.36. The fourth-order valence-electron chi connectivity index (χ4n) is 1.36. The summed E-state index contributed by atoms with van der Waals surface area (Å²) in [5.74, 6) is -0.795. The van der Waals surface area contributed by atoms with Crippen LogP contribution in [-0.4, -0.2) is 21.7 Å². The summed E-state index contributed by atoms with van der Waals surface area (Å²) in [4.78, 5) is 11.6. The Labute approximate surface area is 103 Å². The Bertz CT molecular complexity index is 562. The highest BCUT2D eigenvalue weighted by atomic mass is 16.5. The van der Waals surface area contributed by atoms with Gasteiger partial charge in [0.25, 0.3) is 0 Å². The molecule has 0 saturated heterocycles. The summed E-state index contributed by atoms with van der Waals surface area (Å²) < 4.78 is 6.18. The lowest BCUT2D eigenvalue weighted by Crippen LogP contribution is -2.21. The van der Waals surface area contributed by atoms with Gasteiger partial charge in [0.05, 0.1) is 0 Å². The first-order valence-corrected chi connectivity index (χ1v) is 5.28. The molecule has 2 aromatic rings. The molecule has 92 valence electrons. The molecule has 0 amide bonds. The number of nitrogens with zero attached hydrogens (tertiary/aromatic N) is 2. The first kappa shape index (κ1) is 11.8. The van der Waals surface area contributed by atoms with Crippen molar-refractivity contribution < 1.29 is 9.53 Å². The fraction of sp³-hybridized carbons (Fsp3) is 0.0833. The third-order valence-corrected chi connectivity index (χ3v) is 2.26. The molecular formula is C12H12N4O2. The van der Waals surface area contributed by atoms with Gasteiger partial charge in [-0.05, 0) is 11.6 Å². The largest absolute Gasteiger partial charge is 0.456 e. The topological polar surface area (TPSA) is 94.0 Å². The molecule has 0 atom stereocenters. The summed E-state index contributed by atoms with van der Waals surface area (Å²) in [5, 5.41) is 11.0. The molecule has 0 radical (unpaired) electrons. The van der Waals surface area contributed by atoms with Crippen molar-refractivity contribution in [3.8, 4) is 0 Å². The lowest BCUT2D eigenvalue weighted by atomic mass is 10.2. The zero-order valence-electron chi connectivity index (χ0n) is 9.54. The number of nitrogens with two attached hydrogens (primary N) is 1. The van der Waals surface area contributed by atoms with Gasteiger partial charge in [-0.15, -0.1) is 0 Å². The zero-order chi connectivity index (χ0) is 13.0. The van der Waals surface area contributed by atoms with E-state index in [1.165, 1.54) is 12.3 Å². The maximum atomic E-state index is 11.6. The minimum absolute atomic E-state index is 0.126. The number of ether oxygens (including phenoxy) is 1. The van der Waals surface area contributed by atoms with Crippen LogP contribution in [0, 0.1) is 5.41 Å². The average molecular weight is 244 g/mol. The molecule has 1 aromatic heterocycles. The molecule has 0 aliphatic rings. The van der Waals surface area contributed by atoms with Gasteiger partial charge in [-0.25, -0.2) is 9.48 Å². The molecule has 2 rings (SSSR count). The quantitative estimate of drug-likeness (QED) is 0.478. The van der Waals surface area contributed by atoms with Gasteiger partial charge in [0, 0.05) is 6.20 Å². The number of hydrogen-bond donors (Lipinski definition) is 2. The first-order valence-electron chi connectivity index (χ1n) is 5.28. The highest BCUT2D eigenvalue weighted by Gasteiger charge is 2.11. The number of nitrogen functional groups attached to an aromatic ring is 1. The Kier molecular flexibility index (Phi) is 3.38. The number of benzene rings is 1. The van der Waals surface area contributed by atoms with Crippen molar-refractivity contribution in [2.75, 3.05) is 0 Å². The molecule has 0 saturated carbocycles. The van der Waals surface area contributed by atoms with Crippen molar-refractivity contribution in [1.29, 1.82) is 5.41 Å². The Balaban J connectivity index is 1.97. The van der Waals surface area contributed by atoms with Crippen LogP contribution in [0.3, 0.4) is 0 Å². The third-order valence-electron chi connectivity index (χ3n) is 2.26. The van der Waals surface area contributed by atoms with E-state index in [1.807, 2.05) is 30.3 Å². The van der Waals surface area contributed by atoms with Crippen LogP contribution in [-0.2, 0) is 11.3 Å². The van der Waals surface area contributed by atoms with E-state index in [9.17, 15) is 4.79 Å². The van der Waals surface area contributed by atoms with E-state index in [1.54, 1.807) is 0 Å². The van der Waals surface area contributed by atoms with E-state index in [4.69, 9.17) is 15.9 Å². The van der Waals surface area contributed by atoms with Crippen LogP contribution in [0.4, 0.5) is 0 Å². The summed E-state index contributed by atoms with van der Waals surface area (Å²) in [5.41, 5.74) is 6.25. The molecule has 3 N–H and O–H groups in total. The molecule has 0 aliphatic carbocycles. The predicted molar refractivity (Wildman–Crippen MR) is 65.1 cm³/mol. The van der Waals surface area contributed by atoms with E-state index in [2.05, 4.69) is 5.10 Å². The van der Waals surface area contributed by atoms with Crippen molar-refractivity contribution in [2.45, 2.75) is 6.61 Å². The Morgan fingerprint density at radius 1 is 1.33 bits per heavy atom. The van der Waals surface area contributed by atoms with Crippen molar-refractivity contribution >= 4 is 11.9 Å². The Morgan fingerprint density at radius 2 is 2.06 bits per heavy atom. The van der Waals surface area contributed by atoms with E-state index < -0.39 is 5.97 Å². The Morgan fingerprint density at radius 3 is 2.67 bits per heavy atom. The third kappa shape index (κ3) is 2.73. The molecule has 0 spiro atoms. The minimum Gasteiger partial charge on any atom is -0.456 e. The Hall–Kier alpha value is -2.63. The average Bonchev–Trinajstić information content (AvgIpc) is 2.87. The van der Waals surface area contributed by atoms with Crippen molar-refractivity contribution in [3.05, 3.63) is 53.9 Å². The van der Waals surface area contributed by atoms with Gasteiger partial charge >= 0.3 is 5.97 Å². The van der Waals surface area contributed by atoms with Gasteiger partial charge in [0.2, 0.25) is 5.96 Å². The number of carbonyl (C=O) groups is 1. The molecular weight excluding hydrogens is 232 g/mol. The first-order chi connectivity index (χ1) is 8.66. The molecule has 18 heavy (non-hydrogen) atoms. The molecule has 1 aromatic carbocycles. The van der Waals surface area contributed by atoms with Gasteiger partial charge in [-0.1, -0.05) is 30.3 Å². The zero-order valence-corrected chi connectivity index (χ0v) is 9.54. The van der Waals surface area contributed by atoms with Crippen LogP contribution in [0.15, 0.2) is 42.6 Å². The normalized spacial score (nSPS) is 10.0. The summed E-state index contributed by atoms with van der Waals surface area (Å²) in [7, 11) is 0. The van der Waals surface area contributed by atoms with Gasteiger partial charge in [0.1, 0.15) is 6.61 Å². The number of esters is 1. The van der Waals surface area contributed by atoms with E-state index in [0.29, 0.717) is 0 Å². The number of carbonyl (C=O) groups excluding carboxylic acids is 1. The standard InChI is InChI=1S/C12H12N4O2/c13-12(14)16-7-6-10(15-16)11(17)18-8-9-4-2-1-3-5-9/h1-7H,8H2,(H3,13,14). The molecule has 0 bridgehead atoms. The predicted octanol–water partition coefficient (Wildman–Crippen LogP) is 0.982. The second kappa shape index (κ2) is 5.13. The van der Waals surface area contributed by atoms with Crippen molar-refractivity contribution in [1.82, 2.24) is 9.78 Å². The number of rotatable bonds is 3. The molecule has 6 heteroatoms. The van der Waals surface area contributed by atoms with E-state index >= 15 is 0 Å². The van der Waals surface area contributed by atoms with Crippen LogP contribution in [0.2, 0.25) is 0 Å². The van der Waals surface area contributed by atoms with E-state index in [-0.39, 0.29) is 18.3 Å². The minimum atomic E-state index is -0.543. The second-order valence-electron chi connectivity index (χ2n) is 3.59. The number of hydrogen-bond acceptors (Lipinski definition) is 4. The van der Waals surface area contributed by atoms with Gasteiger partial charge in [-0.2, -0.15) is 5.10 Å². The summed E-state index contributed by atoms with van der Waals surface area (Å²) in [6.07, 6.45) is 1.43. The van der Waals surface area contributed by atoms with Gasteiger partial charge < -0.3 is 10.5 Å². The summed E-state index contributed by atoms with van der Waals surface area (Å²) in [6, 6.07) is 10.8. The second-order valence-corrected chi connectivity index (χ2v) is 3.59. The van der Waals surface area contributed by atoms with Crippen molar-refractivity contribution in [2.24, 2.45) is 5.73 Å². The van der Waals surface area contributed by atoms with Crippen LogP contribution < -0.4 is 5.73 Å². The number of nitrogens with one attached hydrogen (secondary N) is 1. The summed E-state index contributed by atoms with van der Waals surface area (Å²) >= 11 is 0. The van der Waals surface area contributed by atoms with Gasteiger partial charge in [-0.3, -0.25) is 5.41 Å². The monoisotopic (exact) mass is 244 g/mol. The van der Waals surface area contributed by atoms with Crippen molar-refractivity contribution in [3.63, 3.8) is 0 Å². The van der Waals surface area contributed by atoms with Crippen LogP contribution in [0.1, 0.15) is 16.1 Å². The summed E-state index contributed by atoms with van der Waals surface area (Å²) in [6.45, 7) is 0.187. The maximum Gasteiger partial charge on any atom is 0.359 e. The number of aromatic nitrogens is 2. The smallest absolute Gasteiger partial charge is 0.359 e. The van der Waals surface area contributed by atoms with E-state index in [0.717, 1.165) is 10.2 Å². The highest BCUT2D eigenvalue weighted by molar-refractivity contribution is 5.88. The maximum absolute atomic E-state index is 11.6.